The molecule has 0 heterocycles. The predicted octanol–water partition coefficient (Wildman–Crippen LogP) is 4.27. The molecule has 162 valence electrons. The number of amides is 1. The lowest BCUT2D eigenvalue weighted by Gasteiger charge is -2.18. The van der Waals surface area contributed by atoms with E-state index in [0.29, 0.717) is 6.07 Å². The van der Waals surface area contributed by atoms with Gasteiger partial charge in [-0.15, -0.1) is 0 Å². The number of anilines is 1. The molecule has 5 nitrogen and oxygen atoms in total. The van der Waals surface area contributed by atoms with Gasteiger partial charge in [-0.3, -0.25) is 4.79 Å². The van der Waals surface area contributed by atoms with Crippen LogP contribution in [0.4, 0.5) is 18.9 Å². The van der Waals surface area contributed by atoms with Gasteiger partial charge in [0, 0.05) is 6.54 Å². The number of rotatable bonds is 7. The molecule has 0 aromatic heterocycles. The number of hydrogen-bond donors (Lipinski definition) is 2. The van der Waals surface area contributed by atoms with Gasteiger partial charge < -0.3 is 10.6 Å². The zero-order valence-corrected chi connectivity index (χ0v) is 17.0. The normalized spacial score (nSPS) is 11.7. The summed E-state index contributed by atoms with van der Waals surface area (Å²) in [5.74, 6) is -0.496. The van der Waals surface area contributed by atoms with E-state index < -0.39 is 38.9 Å². The van der Waals surface area contributed by atoms with Crippen LogP contribution in [0.15, 0.2) is 88.7 Å². The fraction of sp³-hybridized carbons (Fsp3) is 0.136. The number of benzene rings is 3. The Hall–Kier alpha value is -3.33. The maximum Gasteiger partial charge on any atom is 0.417 e. The molecule has 0 fully saturated rings. The lowest BCUT2D eigenvalue weighted by molar-refractivity contribution is -0.139. The van der Waals surface area contributed by atoms with Crippen molar-refractivity contribution in [3.63, 3.8) is 0 Å². The summed E-state index contributed by atoms with van der Waals surface area (Å²) in [5, 5.41) is 5.18. The molecule has 0 radical (unpaired) electrons. The van der Waals surface area contributed by atoms with E-state index >= 15 is 0 Å². The fourth-order valence-electron chi connectivity index (χ4n) is 2.94. The van der Waals surface area contributed by atoms with Gasteiger partial charge >= 0.3 is 6.18 Å². The molecular weight excluding hydrogens is 429 g/mol. The zero-order valence-electron chi connectivity index (χ0n) is 16.2. The molecule has 9 heteroatoms. The Balaban J connectivity index is 1.88. The van der Waals surface area contributed by atoms with Gasteiger partial charge in [-0.1, -0.05) is 54.6 Å². The van der Waals surface area contributed by atoms with Crippen LogP contribution < -0.4 is 10.6 Å². The molecule has 31 heavy (non-hydrogen) atoms. The van der Waals surface area contributed by atoms with Crippen molar-refractivity contribution in [1.82, 2.24) is 5.32 Å². The maximum atomic E-state index is 13.6. The summed E-state index contributed by atoms with van der Waals surface area (Å²) in [4.78, 5) is 11.0. The lowest BCUT2D eigenvalue weighted by Crippen LogP contribution is -2.30. The van der Waals surface area contributed by atoms with E-state index in [9.17, 15) is 26.4 Å². The van der Waals surface area contributed by atoms with E-state index in [1.165, 1.54) is 30.3 Å². The van der Waals surface area contributed by atoms with E-state index in [1.807, 2.05) is 30.3 Å². The number of sulfone groups is 1. The van der Waals surface area contributed by atoms with Crippen LogP contribution in [0.5, 0.6) is 0 Å². The van der Waals surface area contributed by atoms with Crippen LogP contribution in [-0.2, 0) is 27.4 Å². The minimum atomic E-state index is -4.90. The van der Waals surface area contributed by atoms with Gasteiger partial charge in [0.15, 0.2) is 0 Å². The molecule has 0 saturated heterocycles. The smallest absolute Gasteiger partial charge is 0.375 e. The molecule has 0 spiro atoms. The fourth-order valence-corrected chi connectivity index (χ4v) is 4.60. The Morgan fingerprint density at radius 3 is 2.06 bits per heavy atom. The second kappa shape index (κ2) is 9.22. The van der Waals surface area contributed by atoms with Crippen LogP contribution in [0.2, 0.25) is 0 Å². The monoisotopic (exact) mass is 448 g/mol. The van der Waals surface area contributed by atoms with Crippen LogP contribution in [0.1, 0.15) is 11.1 Å². The van der Waals surface area contributed by atoms with Crippen LogP contribution in [0.3, 0.4) is 0 Å². The average molecular weight is 448 g/mol. The first kappa shape index (κ1) is 22.4. The second-order valence-corrected chi connectivity index (χ2v) is 8.50. The van der Waals surface area contributed by atoms with E-state index in [1.54, 1.807) is 6.07 Å². The highest BCUT2D eigenvalue weighted by molar-refractivity contribution is 7.91. The summed E-state index contributed by atoms with van der Waals surface area (Å²) in [6.45, 7) is -0.162. The second-order valence-electron chi connectivity index (χ2n) is 6.61. The van der Waals surface area contributed by atoms with Crippen molar-refractivity contribution in [3.8, 4) is 0 Å². The van der Waals surface area contributed by atoms with Crippen LogP contribution >= 0.6 is 0 Å². The highest BCUT2D eigenvalue weighted by Crippen LogP contribution is 2.40. The number of hydrogen-bond acceptors (Lipinski definition) is 4. The minimum absolute atomic E-state index is 0.235. The van der Waals surface area contributed by atoms with Crippen molar-refractivity contribution in [2.75, 3.05) is 11.9 Å². The van der Waals surface area contributed by atoms with Gasteiger partial charge in [0.25, 0.3) is 0 Å². The summed E-state index contributed by atoms with van der Waals surface area (Å²) in [5.41, 5.74) is -0.748. The van der Waals surface area contributed by atoms with Gasteiger partial charge in [-0.05, 0) is 29.8 Å². The van der Waals surface area contributed by atoms with Crippen molar-refractivity contribution in [2.24, 2.45) is 0 Å². The van der Waals surface area contributed by atoms with Crippen LogP contribution in [0.25, 0.3) is 0 Å². The molecule has 0 unspecified atom stereocenters. The van der Waals surface area contributed by atoms with Crippen LogP contribution in [-0.4, -0.2) is 20.9 Å². The summed E-state index contributed by atoms with van der Waals surface area (Å²) in [6.07, 6.45) is -4.90. The third-order valence-electron chi connectivity index (χ3n) is 4.41. The Kier molecular flexibility index (Phi) is 6.65. The number of halogens is 3. The van der Waals surface area contributed by atoms with Gasteiger partial charge in [0.2, 0.25) is 15.7 Å². The van der Waals surface area contributed by atoms with Gasteiger partial charge in [0.05, 0.1) is 22.7 Å². The molecule has 1 amide bonds. The molecule has 3 aromatic rings. The molecule has 0 saturated carbocycles. The Labute approximate surface area is 177 Å². The average Bonchev–Trinajstić information content (AvgIpc) is 2.76. The number of alkyl halides is 3. The Morgan fingerprint density at radius 2 is 1.45 bits per heavy atom. The highest BCUT2D eigenvalue weighted by atomic mass is 32.2. The van der Waals surface area contributed by atoms with E-state index in [0.717, 1.165) is 11.6 Å². The van der Waals surface area contributed by atoms with E-state index in [2.05, 4.69) is 10.6 Å². The van der Waals surface area contributed by atoms with E-state index in [-0.39, 0.29) is 17.1 Å². The molecule has 0 bridgehead atoms. The first-order valence-corrected chi connectivity index (χ1v) is 10.7. The van der Waals surface area contributed by atoms with Crippen molar-refractivity contribution < 1.29 is 26.4 Å². The predicted molar refractivity (Wildman–Crippen MR) is 110 cm³/mol. The topological polar surface area (TPSA) is 75.3 Å². The summed E-state index contributed by atoms with van der Waals surface area (Å²) >= 11 is 0. The number of carbonyl (C=O) groups excluding carboxylic acids is 1. The van der Waals surface area contributed by atoms with E-state index in [4.69, 9.17) is 0 Å². The molecule has 0 aliphatic carbocycles. The third kappa shape index (κ3) is 5.43. The summed E-state index contributed by atoms with van der Waals surface area (Å²) < 4.78 is 66.9. The molecular formula is C22H19F3N2O3S. The number of nitrogens with one attached hydrogen (secondary N) is 2. The first-order chi connectivity index (χ1) is 14.7. The molecule has 0 atom stereocenters. The Morgan fingerprint density at radius 1 is 0.839 bits per heavy atom. The summed E-state index contributed by atoms with van der Waals surface area (Å²) in [7, 11) is -4.50. The SMILES string of the molecule is O=C(CNc1cccc(C(F)(F)F)c1S(=O)(=O)c1ccccc1)NCc1ccccc1. The van der Waals surface area contributed by atoms with Gasteiger partial charge in [0.1, 0.15) is 4.90 Å². The molecule has 3 rings (SSSR count). The van der Waals surface area contributed by atoms with Crippen molar-refractivity contribution in [1.29, 1.82) is 0 Å². The summed E-state index contributed by atoms with van der Waals surface area (Å²) in [6, 6.07) is 18.9. The zero-order chi connectivity index (χ0) is 22.5. The molecule has 2 N–H and O–H groups in total. The largest absolute Gasteiger partial charge is 0.417 e. The van der Waals surface area contributed by atoms with Gasteiger partial charge in [-0.25, -0.2) is 8.42 Å². The van der Waals surface area contributed by atoms with Gasteiger partial charge in [-0.2, -0.15) is 13.2 Å². The van der Waals surface area contributed by atoms with Crippen molar-refractivity contribution >= 4 is 21.4 Å². The first-order valence-electron chi connectivity index (χ1n) is 9.24. The molecule has 0 aliphatic heterocycles. The quantitative estimate of drug-likeness (QED) is 0.566. The van der Waals surface area contributed by atoms with Crippen molar-refractivity contribution in [3.05, 3.63) is 90.0 Å². The standard InChI is InChI=1S/C22H19F3N2O3S/c23-22(24,25)18-12-7-13-19(21(18)31(29,30)17-10-5-2-6-11-17)26-15-20(28)27-14-16-8-3-1-4-9-16/h1-13,26H,14-15H2,(H,27,28). The van der Waals surface area contributed by atoms with Crippen LogP contribution in [0, 0.1) is 0 Å². The number of carbonyl (C=O) groups is 1. The molecule has 0 aliphatic rings. The molecule has 3 aromatic carbocycles. The Bertz CT molecular complexity index is 1150. The lowest BCUT2D eigenvalue weighted by atomic mass is 10.2. The minimum Gasteiger partial charge on any atom is -0.375 e. The third-order valence-corrected chi connectivity index (χ3v) is 6.28. The van der Waals surface area contributed by atoms with Crippen molar-refractivity contribution in [2.45, 2.75) is 22.5 Å². The highest BCUT2D eigenvalue weighted by Gasteiger charge is 2.39. The maximum absolute atomic E-state index is 13.6.